The van der Waals surface area contributed by atoms with Crippen molar-refractivity contribution in [2.45, 2.75) is 32.3 Å². The van der Waals surface area contributed by atoms with E-state index in [1.54, 1.807) is 25.2 Å². The third-order valence-electron chi connectivity index (χ3n) is 4.85. The minimum Gasteiger partial charge on any atom is -0.490 e. The average Bonchev–Trinajstić information content (AvgIpc) is 2.80. The lowest BCUT2D eigenvalue weighted by Crippen LogP contribution is -1.97. The maximum atomic E-state index is 14.7. The summed E-state index contributed by atoms with van der Waals surface area (Å²) in [6.45, 7) is 5.76. The van der Waals surface area contributed by atoms with Crippen LogP contribution in [0.3, 0.4) is 0 Å². The lowest BCUT2D eigenvalue weighted by molar-refractivity contribution is 0.182. The van der Waals surface area contributed by atoms with Gasteiger partial charge in [-0.3, -0.25) is 0 Å². The Kier molecular flexibility index (Phi) is 8.22. The standard InChI is InChI=1S/C26H26F2N2O2/c1-3-15-32-22-12-9-20(10-13-22)26-29-16-21(17-30-26)23-14-11-19(24(27)25(23)28)8-6-4-5-7-18(2)31/h3,6,8-14,16-18,31H,1,4-5,7,15H2,2H3/b8-6+. The van der Waals surface area contributed by atoms with Crippen molar-refractivity contribution in [2.75, 3.05) is 6.61 Å². The van der Waals surface area contributed by atoms with Crippen LogP contribution in [-0.2, 0) is 0 Å². The monoisotopic (exact) mass is 436 g/mol. The zero-order valence-corrected chi connectivity index (χ0v) is 18.0. The summed E-state index contributed by atoms with van der Waals surface area (Å²) >= 11 is 0. The Morgan fingerprint density at radius 1 is 1.03 bits per heavy atom. The SMILES string of the molecule is C=CCOc1ccc(-c2ncc(-c3ccc(/C=C/CCCC(C)O)c(F)c3F)cn2)cc1. The van der Waals surface area contributed by atoms with Crippen LogP contribution in [0.1, 0.15) is 31.7 Å². The maximum absolute atomic E-state index is 14.7. The number of halogens is 2. The zero-order chi connectivity index (χ0) is 22.9. The number of hydrogen-bond donors (Lipinski definition) is 1. The van der Waals surface area contributed by atoms with Crippen LogP contribution in [0.2, 0.25) is 0 Å². The van der Waals surface area contributed by atoms with E-state index < -0.39 is 11.6 Å². The van der Waals surface area contributed by atoms with Crippen molar-refractivity contribution in [2.24, 2.45) is 0 Å². The van der Waals surface area contributed by atoms with Gasteiger partial charge in [-0.25, -0.2) is 18.7 Å². The average molecular weight is 437 g/mol. The van der Waals surface area contributed by atoms with Crippen LogP contribution in [0, 0.1) is 11.6 Å². The van der Waals surface area contributed by atoms with E-state index in [0.717, 1.165) is 12.0 Å². The third kappa shape index (κ3) is 6.08. The Bertz CT molecular complexity index is 1060. The first-order valence-corrected chi connectivity index (χ1v) is 10.5. The first-order chi connectivity index (χ1) is 15.5. The van der Waals surface area contributed by atoms with Gasteiger partial charge in [-0.15, -0.1) is 0 Å². The molecule has 1 N–H and O–H groups in total. The highest BCUT2D eigenvalue weighted by atomic mass is 19.2. The molecule has 1 atom stereocenters. The topological polar surface area (TPSA) is 55.2 Å². The first-order valence-electron chi connectivity index (χ1n) is 10.5. The number of rotatable bonds is 10. The minimum atomic E-state index is -0.934. The quantitative estimate of drug-likeness (QED) is 0.303. The number of allylic oxidation sites excluding steroid dienone is 1. The lowest BCUT2D eigenvalue weighted by Gasteiger charge is -2.08. The summed E-state index contributed by atoms with van der Waals surface area (Å²) in [7, 11) is 0. The first kappa shape index (κ1) is 23.3. The van der Waals surface area contributed by atoms with Crippen molar-refractivity contribution in [3.8, 4) is 28.3 Å². The molecule has 0 aliphatic heterocycles. The molecule has 0 saturated heterocycles. The lowest BCUT2D eigenvalue weighted by atomic mass is 10.0. The predicted molar refractivity (Wildman–Crippen MR) is 123 cm³/mol. The molecule has 1 heterocycles. The van der Waals surface area contributed by atoms with E-state index in [9.17, 15) is 13.9 Å². The van der Waals surface area contributed by atoms with Crippen molar-refractivity contribution in [1.29, 1.82) is 0 Å². The van der Waals surface area contributed by atoms with E-state index >= 15 is 0 Å². The van der Waals surface area contributed by atoms with Crippen LogP contribution in [0.15, 0.2) is 67.5 Å². The van der Waals surface area contributed by atoms with Gasteiger partial charge < -0.3 is 9.84 Å². The van der Waals surface area contributed by atoms with Gasteiger partial charge in [0.05, 0.1) is 6.10 Å². The molecular weight excluding hydrogens is 410 g/mol. The summed E-state index contributed by atoms with van der Waals surface area (Å²) in [5.74, 6) is -0.661. The van der Waals surface area contributed by atoms with Gasteiger partial charge in [0, 0.05) is 34.6 Å². The Labute approximate surface area is 186 Å². The van der Waals surface area contributed by atoms with Gasteiger partial charge in [0.1, 0.15) is 12.4 Å². The van der Waals surface area contributed by atoms with Crippen molar-refractivity contribution < 1.29 is 18.6 Å². The fourth-order valence-electron chi connectivity index (χ4n) is 3.13. The summed E-state index contributed by atoms with van der Waals surface area (Å²) in [6, 6.07) is 10.3. The number of ether oxygens (including phenoxy) is 1. The molecule has 6 heteroatoms. The summed E-state index contributed by atoms with van der Waals surface area (Å²) in [5, 5.41) is 9.26. The molecule has 0 aliphatic rings. The summed E-state index contributed by atoms with van der Waals surface area (Å²) in [6.07, 6.45) is 9.75. The highest BCUT2D eigenvalue weighted by Crippen LogP contribution is 2.27. The second-order valence-electron chi connectivity index (χ2n) is 7.43. The number of nitrogens with zero attached hydrogens (tertiary/aromatic N) is 2. The molecule has 3 aromatic rings. The zero-order valence-electron chi connectivity index (χ0n) is 18.0. The van der Waals surface area contributed by atoms with Gasteiger partial charge in [-0.1, -0.05) is 36.9 Å². The molecule has 1 aromatic heterocycles. The fraction of sp³-hybridized carbons (Fsp3) is 0.231. The van der Waals surface area contributed by atoms with Crippen LogP contribution in [0.4, 0.5) is 8.78 Å². The summed E-state index contributed by atoms with van der Waals surface area (Å²) in [5.41, 5.74) is 1.46. The Hall–Kier alpha value is -3.38. The van der Waals surface area contributed by atoms with Gasteiger partial charge >= 0.3 is 0 Å². The molecule has 0 aliphatic carbocycles. The highest BCUT2D eigenvalue weighted by molar-refractivity contribution is 5.67. The molecule has 32 heavy (non-hydrogen) atoms. The summed E-state index contributed by atoms with van der Waals surface area (Å²) < 4.78 is 34.7. The predicted octanol–water partition coefficient (Wildman–Crippen LogP) is 6.22. The van der Waals surface area contributed by atoms with Gasteiger partial charge in [0.25, 0.3) is 0 Å². The van der Waals surface area contributed by atoms with E-state index in [1.165, 1.54) is 24.5 Å². The van der Waals surface area contributed by atoms with Gasteiger partial charge in [0.15, 0.2) is 17.5 Å². The third-order valence-corrected chi connectivity index (χ3v) is 4.85. The van der Waals surface area contributed by atoms with E-state index in [4.69, 9.17) is 4.74 Å². The molecule has 2 aromatic carbocycles. The Morgan fingerprint density at radius 2 is 1.75 bits per heavy atom. The largest absolute Gasteiger partial charge is 0.490 e. The van der Waals surface area contributed by atoms with Crippen molar-refractivity contribution in [3.05, 3.63) is 84.7 Å². The maximum Gasteiger partial charge on any atom is 0.167 e. The van der Waals surface area contributed by atoms with E-state index in [1.807, 2.05) is 24.3 Å². The molecule has 0 radical (unpaired) electrons. The second kappa shape index (κ2) is 11.3. The van der Waals surface area contributed by atoms with Gasteiger partial charge in [-0.05, 0) is 50.5 Å². The number of aliphatic hydroxyl groups excluding tert-OH is 1. The molecule has 0 spiro atoms. The summed E-state index contributed by atoms with van der Waals surface area (Å²) in [4.78, 5) is 8.61. The molecule has 4 nitrogen and oxygen atoms in total. The number of hydrogen-bond acceptors (Lipinski definition) is 4. The molecule has 1 unspecified atom stereocenters. The molecule has 0 fully saturated rings. The second-order valence-corrected chi connectivity index (χ2v) is 7.43. The highest BCUT2D eigenvalue weighted by Gasteiger charge is 2.14. The van der Waals surface area contributed by atoms with Crippen molar-refractivity contribution in [1.82, 2.24) is 9.97 Å². The van der Waals surface area contributed by atoms with Crippen LogP contribution in [0.5, 0.6) is 5.75 Å². The van der Waals surface area contributed by atoms with E-state index in [0.29, 0.717) is 36.6 Å². The molecule has 0 amide bonds. The minimum absolute atomic E-state index is 0.105. The fourth-order valence-corrected chi connectivity index (χ4v) is 3.13. The van der Waals surface area contributed by atoms with Gasteiger partial charge in [0.2, 0.25) is 0 Å². The molecule has 0 saturated carbocycles. The van der Waals surface area contributed by atoms with Gasteiger partial charge in [-0.2, -0.15) is 0 Å². The Balaban J connectivity index is 1.72. The number of unbranched alkanes of at least 4 members (excludes halogenated alkanes) is 1. The van der Waals surface area contributed by atoms with Crippen LogP contribution >= 0.6 is 0 Å². The van der Waals surface area contributed by atoms with Crippen LogP contribution in [-0.4, -0.2) is 27.8 Å². The number of aromatic nitrogens is 2. The number of aliphatic hydroxyl groups is 1. The normalized spacial score (nSPS) is 12.1. The molecule has 3 rings (SSSR count). The Morgan fingerprint density at radius 3 is 2.41 bits per heavy atom. The van der Waals surface area contributed by atoms with E-state index in [2.05, 4.69) is 16.5 Å². The molecular formula is C26H26F2N2O2. The van der Waals surface area contributed by atoms with Crippen LogP contribution in [0.25, 0.3) is 28.6 Å². The van der Waals surface area contributed by atoms with Crippen molar-refractivity contribution in [3.63, 3.8) is 0 Å². The number of benzene rings is 2. The van der Waals surface area contributed by atoms with E-state index in [-0.39, 0.29) is 17.2 Å². The van der Waals surface area contributed by atoms with Crippen LogP contribution < -0.4 is 4.74 Å². The van der Waals surface area contributed by atoms with Crippen molar-refractivity contribution >= 4 is 6.08 Å². The molecule has 166 valence electrons. The smallest absolute Gasteiger partial charge is 0.167 e. The molecule has 0 bridgehead atoms.